The number of hydrogen-bond acceptors (Lipinski definition) is 5. The van der Waals surface area contributed by atoms with Gasteiger partial charge in [0, 0.05) is 38.0 Å². The van der Waals surface area contributed by atoms with Gasteiger partial charge in [-0.3, -0.25) is 33.8 Å². The third kappa shape index (κ3) is 2.75. The quantitative estimate of drug-likeness (QED) is 0.595. The maximum absolute atomic E-state index is 11.6. The van der Waals surface area contributed by atoms with E-state index >= 15 is 0 Å². The smallest absolute Gasteiger partial charge is 0.253 e. The van der Waals surface area contributed by atoms with Gasteiger partial charge in [0.2, 0.25) is 11.8 Å². The van der Waals surface area contributed by atoms with Crippen molar-refractivity contribution in [2.24, 2.45) is 0 Å². The van der Waals surface area contributed by atoms with E-state index in [1.165, 1.54) is 0 Å². The normalized spacial score (nSPS) is 18.9. The van der Waals surface area contributed by atoms with E-state index < -0.39 is 11.8 Å². The first-order chi connectivity index (χ1) is 8.99. The molecule has 0 bridgehead atoms. The first-order valence-electron chi connectivity index (χ1n) is 5.87. The highest BCUT2D eigenvalue weighted by Crippen LogP contribution is 2.12. The van der Waals surface area contributed by atoms with E-state index in [1.54, 1.807) is 0 Å². The molecule has 4 amide bonds. The highest BCUT2D eigenvalue weighted by atomic mass is 16.2. The fraction of sp³-hybridized carbons (Fsp3) is 0.417. The molecule has 2 heterocycles. The second-order valence-corrected chi connectivity index (χ2v) is 4.32. The summed E-state index contributed by atoms with van der Waals surface area (Å²) in [6.07, 6.45) is 2.50. The van der Waals surface area contributed by atoms with Gasteiger partial charge < -0.3 is 0 Å². The molecule has 2 rings (SSSR count). The lowest BCUT2D eigenvalue weighted by molar-refractivity contribution is -0.143. The van der Waals surface area contributed by atoms with Gasteiger partial charge in [-0.15, -0.1) is 0 Å². The van der Waals surface area contributed by atoms with Crippen molar-refractivity contribution >= 4 is 29.4 Å². The maximum atomic E-state index is 11.6. The summed E-state index contributed by atoms with van der Waals surface area (Å²) in [5.74, 6) is -1.96. The molecule has 0 unspecified atom stereocenters. The molecule has 0 aromatic carbocycles. The third-order valence-corrected chi connectivity index (χ3v) is 3.00. The first-order valence-corrected chi connectivity index (χ1v) is 5.87. The molecule has 0 aromatic rings. The number of ketones is 1. The fourth-order valence-corrected chi connectivity index (χ4v) is 1.94. The Kier molecular flexibility index (Phi) is 3.55. The lowest BCUT2D eigenvalue weighted by Gasteiger charge is -2.15. The van der Waals surface area contributed by atoms with Crippen LogP contribution in [0.3, 0.4) is 0 Å². The number of carbonyl (C=O) groups is 5. The fourth-order valence-electron chi connectivity index (χ4n) is 1.94. The summed E-state index contributed by atoms with van der Waals surface area (Å²) < 4.78 is 0. The van der Waals surface area contributed by atoms with Crippen molar-refractivity contribution in [3.05, 3.63) is 12.2 Å². The second-order valence-electron chi connectivity index (χ2n) is 4.32. The van der Waals surface area contributed by atoms with Gasteiger partial charge in [0.15, 0.2) is 5.78 Å². The molecule has 2 aliphatic heterocycles. The summed E-state index contributed by atoms with van der Waals surface area (Å²) in [5, 5.41) is 0. The minimum absolute atomic E-state index is 0.0281. The predicted molar refractivity (Wildman–Crippen MR) is 61.4 cm³/mol. The molecule has 0 aliphatic carbocycles. The lowest BCUT2D eigenvalue weighted by atomic mass is 10.2. The molecule has 1 fully saturated rings. The van der Waals surface area contributed by atoms with Gasteiger partial charge in [-0.1, -0.05) is 0 Å². The van der Waals surface area contributed by atoms with Crippen LogP contribution in [0.4, 0.5) is 0 Å². The van der Waals surface area contributed by atoms with Crippen molar-refractivity contribution in [1.29, 1.82) is 0 Å². The van der Waals surface area contributed by atoms with Gasteiger partial charge >= 0.3 is 0 Å². The largest absolute Gasteiger partial charge is 0.298 e. The number of nitrogens with zero attached hydrogens (tertiary/aromatic N) is 2. The van der Waals surface area contributed by atoms with E-state index in [2.05, 4.69) is 0 Å². The van der Waals surface area contributed by atoms with Gasteiger partial charge in [0.05, 0.1) is 6.54 Å². The van der Waals surface area contributed by atoms with Crippen molar-refractivity contribution in [2.75, 3.05) is 13.1 Å². The van der Waals surface area contributed by atoms with Crippen LogP contribution >= 0.6 is 0 Å². The molecule has 7 heteroatoms. The minimum atomic E-state index is -0.453. The van der Waals surface area contributed by atoms with Gasteiger partial charge in [-0.2, -0.15) is 0 Å². The monoisotopic (exact) mass is 264 g/mol. The van der Waals surface area contributed by atoms with E-state index in [0.29, 0.717) is 0 Å². The zero-order valence-corrected chi connectivity index (χ0v) is 10.1. The number of hydrogen-bond donors (Lipinski definition) is 0. The summed E-state index contributed by atoms with van der Waals surface area (Å²) >= 11 is 0. The SMILES string of the molecule is O=C(CCN1C(=O)C=CC1=O)CN1C(=O)CCC1=O. The van der Waals surface area contributed by atoms with Gasteiger partial charge in [-0.05, 0) is 0 Å². The second kappa shape index (κ2) is 5.13. The Morgan fingerprint density at radius 3 is 2.00 bits per heavy atom. The molecule has 0 N–H and O–H groups in total. The number of Topliss-reactive ketones (excluding diaryl/α,β-unsaturated/α-hetero) is 1. The van der Waals surface area contributed by atoms with Crippen molar-refractivity contribution in [1.82, 2.24) is 9.80 Å². The number of imide groups is 2. The van der Waals surface area contributed by atoms with E-state index in [4.69, 9.17) is 0 Å². The highest BCUT2D eigenvalue weighted by molar-refractivity contribution is 6.13. The maximum Gasteiger partial charge on any atom is 0.253 e. The van der Waals surface area contributed by atoms with Crippen molar-refractivity contribution < 1.29 is 24.0 Å². The van der Waals surface area contributed by atoms with E-state index in [-0.39, 0.29) is 49.9 Å². The van der Waals surface area contributed by atoms with Crippen LogP contribution in [0.15, 0.2) is 12.2 Å². The van der Waals surface area contributed by atoms with Crippen LogP contribution in [0.5, 0.6) is 0 Å². The van der Waals surface area contributed by atoms with E-state index in [1.807, 2.05) is 0 Å². The minimum Gasteiger partial charge on any atom is -0.298 e. The molecule has 1 saturated heterocycles. The number of carbonyl (C=O) groups excluding carboxylic acids is 5. The summed E-state index contributed by atoms with van der Waals surface area (Å²) in [7, 11) is 0. The van der Waals surface area contributed by atoms with Gasteiger partial charge in [0.25, 0.3) is 11.8 Å². The van der Waals surface area contributed by atoms with Crippen LogP contribution in [-0.4, -0.2) is 52.3 Å². The zero-order chi connectivity index (χ0) is 14.0. The Bertz CT molecular complexity index is 474. The van der Waals surface area contributed by atoms with E-state index in [0.717, 1.165) is 22.0 Å². The topological polar surface area (TPSA) is 91.8 Å². The van der Waals surface area contributed by atoms with Gasteiger partial charge in [-0.25, -0.2) is 0 Å². The average Bonchev–Trinajstić information content (AvgIpc) is 2.84. The Morgan fingerprint density at radius 2 is 1.47 bits per heavy atom. The van der Waals surface area contributed by atoms with Crippen molar-refractivity contribution in [3.63, 3.8) is 0 Å². The van der Waals surface area contributed by atoms with Crippen molar-refractivity contribution in [3.8, 4) is 0 Å². The van der Waals surface area contributed by atoms with Crippen LogP contribution in [0.2, 0.25) is 0 Å². The number of rotatable bonds is 5. The number of likely N-dealkylation sites (tertiary alicyclic amines) is 1. The Balaban J connectivity index is 1.82. The molecule has 2 aliphatic rings. The summed E-state index contributed by atoms with van der Waals surface area (Å²) in [6, 6.07) is 0. The van der Waals surface area contributed by atoms with Crippen LogP contribution in [0, 0.1) is 0 Å². The summed E-state index contributed by atoms with van der Waals surface area (Å²) in [6.45, 7) is -0.305. The molecule has 0 aromatic heterocycles. The molecule has 0 radical (unpaired) electrons. The van der Waals surface area contributed by atoms with Crippen LogP contribution in [0.1, 0.15) is 19.3 Å². The molecule has 0 saturated carbocycles. The molecule has 19 heavy (non-hydrogen) atoms. The van der Waals surface area contributed by atoms with E-state index in [9.17, 15) is 24.0 Å². The zero-order valence-electron chi connectivity index (χ0n) is 10.1. The molecule has 0 spiro atoms. The molecule has 0 atom stereocenters. The predicted octanol–water partition coefficient (Wildman–Crippen LogP) is -0.980. The standard InChI is InChI=1S/C12H12N2O5/c15-8(7-14-11(18)3-4-12(14)19)5-6-13-9(16)1-2-10(13)17/h1-2H,3-7H2. The average molecular weight is 264 g/mol. The number of amides is 4. The third-order valence-electron chi connectivity index (χ3n) is 3.00. The van der Waals surface area contributed by atoms with Gasteiger partial charge in [0.1, 0.15) is 0 Å². The Morgan fingerprint density at radius 1 is 0.947 bits per heavy atom. The Labute approximate surface area is 108 Å². The molecular formula is C12H12N2O5. The van der Waals surface area contributed by atoms with Crippen molar-refractivity contribution in [2.45, 2.75) is 19.3 Å². The molecule has 100 valence electrons. The molecule has 7 nitrogen and oxygen atoms in total. The highest BCUT2D eigenvalue weighted by Gasteiger charge is 2.31. The van der Waals surface area contributed by atoms with Crippen LogP contribution < -0.4 is 0 Å². The Hall–Kier alpha value is -2.31. The summed E-state index contributed by atoms with van der Waals surface area (Å²) in [4.78, 5) is 58.6. The lowest BCUT2D eigenvalue weighted by Crippen LogP contribution is -2.37. The molecular weight excluding hydrogens is 252 g/mol. The summed E-state index contributed by atoms with van der Waals surface area (Å²) in [5.41, 5.74) is 0. The van der Waals surface area contributed by atoms with Crippen LogP contribution in [0.25, 0.3) is 0 Å². The first kappa shape index (κ1) is 13.1. The van der Waals surface area contributed by atoms with Crippen LogP contribution in [-0.2, 0) is 24.0 Å².